The fraction of sp³-hybridized carbons (Fsp3) is 0.688. The van der Waals surface area contributed by atoms with Gasteiger partial charge in [0.1, 0.15) is 0 Å². The number of aromatic nitrogens is 2. The van der Waals surface area contributed by atoms with Gasteiger partial charge in [-0.05, 0) is 24.8 Å². The first-order valence-corrected chi connectivity index (χ1v) is 8.31. The number of carbonyl (C=O) groups is 1. The van der Waals surface area contributed by atoms with Crippen LogP contribution in [0.5, 0.6) is 0 Å². The molecule has 120 valence electrons. The van der Waals surface area contributed by atoms with E-state index >= 15 is 0 Å². The molecular formula is C16H25N5O. The Bertz CT molecular complexity index is 487. The lowest BCUT2D eigenvalue weighted by Gasteiger charge is -2.37. The number of nitrogens with zero attached hydrogens (tertiary/aromatic N) is 4. The summed E-state index contributed by atoms with van der Waals surface area (Å²) in [5.41, 5.74) is 0. The van der Waals surface area contributed by atoms with Crippen molar-refractivity contribution >= 4 is 12.0 Å². The Kier molecular flexibility index (Phi) is 4.75. The molecule has 1 N–H and O–H groups in total. The molecule has 2 aliphatic rings. The maximum Gasteiger partial charge on any atom is 0.317 e. The number of piperazine rings is 1. The van der Waals surface area contributed by atoms with E-state index in [1.807, 2.05) is 11.0 Å². The molecule has 1 saturated carbocycles. The van der Waals surface area contributed by atoms with Gasteiger partial charge in [0.05, 0.1) is 0 Å². The number of nitrogens with one attached hydrogen (secondary N) is 1. The fourth-order valence-corrected chi connectivity index (χ4v) is 3.34. The van der Waals surface area contributed by atoms with E-state index in [1.165, 1.54) is 19.3 Å². The number of rotatable bonds is 2. The standard InChI is InChI=1S/C16H25N5O/c1-13-5-2-3-6-14(13)19-16(22)21-11-9-20(10-12-21)15-17-7-4-8-18-15/h4,7-8,13-14H,2-3,5-6,9-12H2,1H3,(H,19,22). The van der Waals surface area contributed by atoms with Crippen LogP contribution < -0.4 is 10.2 Å². The van der Waals surface area contributed by atoms with Gasteiger partial charge in [0.15, 0.2) is 0 Å². The van der Waals surface area contributed by atoms with Gasteiger partial charge < -0.3 is 15.1 Å². The van der Waals surface area contributed by atoms with Crippen molar-refractivity contribution in [2.24, 2.45) is 5.92 Å². The molecule has 1 aliphatic carbocycles. The third-order valence-electron chi connectivity index (χ3n) is 4.82. The molecule has 1 aliphatic heterocycles. The Morgan fingerprint density at radius 1 is 1.14 bits per heavy atom. The lowest BCUT2D eigenvalue weighted by Crippen LogP contribution is -2.54. The predicted octanol–water partition coefficient (Wildman–Crippen LogP) is 1.89. The van der Waals surface area contributed by atoms with Crippen molar-refractivity contribution in [3.8, 4) is 0 Å². The van der Waals surface area contributed by atoms with Crippen LogP contribution in [0, 0.1) is 5.92 Å². The number of urea groups is 1. The number of hydrogen-bond donors (Lipinski definition) is 1. The normalized spacial score (nSPS) is 25.9. The van der Waals surface area contributed by atoms with Crippen molar-refractivity contribution in [1.82, 2.24) is 20.2 Å². The molecule has 0 aromatic carbocycles. The Balaban J connectivity index is 1.49. The van der Waals surface area contributed by atoms with Gasteiger partial charge in [-0.15, -0.1) is 0 Å². The molecule has 6 nitrogen and oxygen atoms in total. The van der Waals surface area contributed by atoms with Gasteiger partial charge in [0.25, 0.3) is 0 Å². The molecule has 22 heavy (non-hydrogen) atoms. The molecule has 2 fully saturated rings. The van der Waals surface area contributed by atoms with Gasteiger partial charge in [0.2, 0.25) is 5.95 Å². The summed E-state index contributed by atoms with van der Waals surface area (Å²) in [7, 11) is 0. The van der Waals surface area contributed by atoms with Crippen LogP contribution in [0.3, 0.4) is 0 Å². The van der Waals surface area contributed by atoms with Crippen LogP contribution in [0.4, 0.5) is 10.7 Å². The second-order valence-corrected chi connectivity index (χ2v) is 6.34. The molecule has 2 heterocycles. The Morgan fingerprint density at radius 3 is 2.50 bits per heavy atom. The molecular weight excluding hydrogens is 278 g/mol. The van der Waals surface area contributed by atoms with Crippen molar-refractivity contribution < 1.29 is 4.79 Å². The van der Waals surface area contributed by atoms with Gasteiger partial charge in [-0.25, -0.2) is 14.8 Å². The highest BCUT2D eigenvalue weighted by Crippen LogP contribution is 2.24. The molecule has 1 aromatic rings. The van der Waals surface area contributed by atoms with Gasteiger partial charge in [-0.2, -0.15) is 0 Å². The first-order valence-electron chi connectivity index (χ1n) is 8.31. The molecule has 2 amide bonds. The lowest BCUT2D eigenvalue weighted by molar-refractivity contribution is 0.179. The molecule has 2 atom stereocenters. The highest BCUT2D eigenvalue weighted by molar-refractivity contribution is 5.74. The Hall–Kier alpha value is -1.85. The first kappa shape index (κ1) is 15.1. The van der Waals surface area contributed by atoms with Crippen molar-refractivity contribution in [3.05, 3.63) is 18.5 Å². The third kappa shape index (κ3) is 3.48. The third-order valence-corrected chi connectivity index (χ3v) is 4.82. The van der Waals surface area contributed by atoms with Crippen LogP contribution in [0.15, 0.2) is 18.5 Å². The van der Waals surface area contributed by atoms with Crippen molar-refractivity contribution in [2.45, 2.75) is 38.6 Å². The SMILES string of the molecule is CC1CCCCC1NC(=O)N1CCN(c2ncccn2)CC1. The predicted molar refractivity (Wildman–Crippen MR) is 85.8 cm³/mol. The second kappa shape index (κ2) is 6.94. The van der Waals surface area contributed by atoms with Crippen LogP contribution >= 0.6 is 0 Å². The maximum absolute atomic E-state index is 12.4. The monoisotopic (exact) mass is 303 g/mol. The number of anilines is 1. The number of hydrogen-bond acceptors (Lipinski definition) is 4. The van der Waals surface area contributed by atoms with E-state index in [0.29, 0.717) is 12.0 Å². The summed E-state index contributed by atoms with van der Waals surface area (Å²) < 4.78 is 0. The van der Waals surface area contributed by atoms with Crippen LogP contribution in [0.2, 0.25) is 0 Å². The molecule has 2 unspecified atom stereocenters. The molecule has 1 saturated heterocycles. The summed E-state index contributed by atoms with van der Waals surface area (Å²) in [5, 5.41) is 3.23. The smallest absolute Gasteiger partial charge is 0.317 e. The van der Waals surface area contributed by atoms with E-state index in [0.717, 1.165) is 38.5 Å². The summed E-state index contributed by atoms with van der Waals surface area (Å²) in [4.78, 5) is 25.0. The largest absolute Gasteiger partial charge is 0.337 e. The van der Waals surface area contributed by atoms with Gasteiger partial charge in [-0.3, -0.25) is 0 Å². The molecule has 3 rings (SSSR count). The van der Waals surface area contributed by atoms with E-state index in [2.05, 4.69) is 27.1 Å². The average Bonchev–Trinajstić information content (AvgIpc) is 2.58. The molecule has 0 spiro atoms. The highest BCUT2D eigenvalue weighted by Gasteiger charge is 2.27. The summed E-state index contributed by atoms with van der Waals surface area (Å²) in [6.45, 7) is 5.28. The Morgan fingerprint density at radius 2 is 1.82 bits per heavy atom. The molecule has 6 heteroatoms. The number of carbonyl (C=O) groups excluding carboxylic acids is 1. The summed E-state index contributed by atoms with van der Waals surface area (Å²) in [5.74, 6) is 1.35. The zero-order valence-electron chi connectivity index (χ0n) is 13.2. The van der Waals surface area contributed by atoms with Crippen LogP contribution in [0.25, 0.3) is 0 Å². The minimum absolute atomic E-state index is 0.0902. The summed E-state index contributed by atoms with van der Waals surface area (Å²) in [6.07, 6.45) is 8.38. The average molecular weight is 303 g/mol. The van der Waals surface area contributed by atoms with Crippen LogP contribution in [0.1, 0.15) is 32.6 Å². The van der Waals surface area contributed by atoms with E-state index in [4.69, 9.17) is 0 Å². The van der Waals surface area contributed by atoms with E-state index < -0.39 is 0 Å². The van der Waals surface area contributed by atoms with Crippen LogP contribution in [-0.2, 0) is 0 Å². The summed E-state index contributed by atoms with van der Waals surface area (Å²) >= 11 is 0. The zero-order chi connectivity index (χ0) is 15.4. The number of amides is 2. The second-order valence-electron chi connectivity index (χ2n) is 6.34. The van der Waals surface area contributed by atoms with E-state index in [1.54, 1.807) is 12.4 Å². The lowest BCUT2D eigenvalue weighted by atomic mass is 9.86. The van der Waals surface area contributed by atoms with Gasteiger partial charge >= 0.3 is 6.03 Å². The molecule has 0 radical (unpaired) electrons. The molecule has 0 bridgehead atoms. The van der Waals surface area contributed by atoms with E-state index in [-0.39, 0.29) is 6.03 Å². The quantitative estimate of drug-likeness (QED) is 0.906. The maximum atomic E-state index is 12.4. The van der Waals surface area contributed by atoms with E-state index in [9.17, 15) is 4.79 Å². The zero-order valence-corrected chi connectivity index (χ0v) is 13.2. The summed E-state index contributed by atoms with van der Waals surface area (Å²) in [6, 6.07) is 2.25. The fourth-order valence-electron chi connectivity index (χ4n) is 3.34. The van der Waals surface area contributed by atoms with Gasteiger partial charge in [0, 0.05) is 44.6 Å². The van der Waals surface area contributed by atoms with Crippen molar-refractivity contribution in [2.75, 3.05) is 31.1 Å². The van der Waals surface area contributed by atoms with Gasteiger partial charge in [-0.1, -0.05) is 19.8 Å². The topological polar surface area (TPSA) is 61.4 Å². The minimum atomic E-state index is 0.0902. The van der Waals surface area contributed by atoms with Crippen molar-refractivity contribution in [3.63, 3.8) is 0 Å². The highest BCUT2D eigenvalue weighted by atomic mass is 16.2. The molecule has 1 aromatic heterocycles. The van der Waals surface area contributed by atoms with Crippen LogP contribution in [-0.4, -0.2) is 53.1 Å². The van der Waals surface area contributed by atoms with Crippen molar-refractivity contribution in [1.29, 1.82) is 0 Å². The first-order chi connectivity index (χ1) is 10.7. The Labute approximate surface area is 131 Å². The minimum Gasteiger partial charge on any atom is -0.337 e.